The van der Waals surface area contributed by atoms with Crippen LogP contribution in [0.2, 0.25) is 0 Å². The minimum atomic E-state index is -0.843. The molecule has 0 aliphatic carbocycles. The molecule has 150 valence electrons. The van der Waals surface area contributed by atoms with Crippen LogP contribution in [0, 0.1) is 17.6 Å². The molecule has 0 spiro atoms. The molecule has 0 saturated carbocycles. The van der Waals surface area contributed by atoms with Crippen molar-refractivity contribution in [2.24, 2.45) is 5.92 Å². The highest BCUT2D eigenvalue weighted by atomic mass is 19.1. The summed E-state index contributed by atoms with van der Waals surface area (Å²) in [6.45, 7) is 9.10. The highest BCUT2D eigenvalue weighted by Crippen LogP contribution is 2.35. The molecule has 1 fully saturated rings. The number of hydrogen-bond donors (Lipinski definition) is 1. The van der Waals surface area contributed by atoms with Crippen LogP contribution in [0.1, 0.15) is 65.5 Å². The van der Waals surface area contributed by atoms with E-state index in [4.69, 9.17) is 4.74 Å². The molecule has 1 unspecified atom stereocenters. The van der Waals surface area contributed by atoms with Crippen LogP contribution in [0.15, 0.2) is 12.1 Å². The second-order valence-electron chi connectivity index (χ2n) is 8.18. The number of carbonyl (C=O) groups excluding carboxylic acids is 2. The van der Waals surface area contributed by atoms with Crippen LogP contribution < -0.4 is 5.32 Å². The van der Waals surface area contributed by atoms with E-state index in [0.29, 0.717) is 13.0 Å². The third-order valence-electron chi connectivity index (χ3n) is 4.36. The number of hydrogen-bond acceptors (Lipinski definition) is 3. The summed E-state index contributed by atoms with van der Waals surface area (Å²) in [4.78, 5) is 26.0. The standard InChI is InChI=1S/C20H28F2N2O3/c1-12(2)18(25)23-16-10-13(14(21)11-15(16)22)17-8-6-7-9-24(17)19(26)27-20(3,4)5/h10-12,17H,6-9H2,1-5H3,(H,23,25). The lowest BCUT2D eigenvalue weighted by molar-refractivity contribution is -0.118. The predicted octanol–water partition coefficient (Wildman–Crippen LogP) is 5.02. The zero-order valence-corrected chi connectivity index (χ0v) is 16.6. The topological polar surface area (TPSA) is 58.6 Å². The molecule has 1 aromatic carbocycles. The van der Waals surface area contributed by atoms with Gasteiger partial charge in [0.2, 0.25) is 5.91 Å². The maximum Gasteiger partial charge on any atom is 0.410 e. The van der Waals surface area contributed by atoms with Gasteiger partial charge in [0.15, 0.2) is 0 Å². The maximum atomic E-state index is 14.6. The zero-order valence-electron chi connectivity index (χ0n) is 16.6. The molecule has 5 nitrogen and oxygen atoms in total. The average Bonchev–Trinajstić information content (AvgIpc) is 2.55. The van der Waals surface area contributed by atoms with Gasteiger partial charge in [-0.1, -0.05) is 13.8 Å². The van der Waals surface area contributed by atoms with Gasteiger partial charge in [-0.3, -0.25) is 4.79 Å². The third-order valence-corrected chi connectivity index (χ3v) is 4.36. The second-order valence-corrected chi connectivity index (χ2v) is 8.18. The van der Waals surface area contributed by atoms with Crippen molar-refractivity contribution in [1.82, 2.24) is 4.90 Å². The van der Waals surface area contributed by atoms with Crippen LogP contribution in [0.5, 0.6) is 0 Å². The summed E-state index contributed by atoms with van der Waals surface area (Å²) in [7, 11) is 0. The van der Waals surface area contributed by atoms with Crippen LogP contribution in [-0.2, 0) is 9.53 Å². The van der Waals surface area contributed by atoms with Crippen LogP contribution in [0.25, 0.3) is 0 Å². The van der Waals surface area contributed by atoms with E-state index in [2.05, 4.69) is 5.32 Å². The summed E-state index contributed by atoms with van der Waals surface area (Å²) in [6.07, 6.45) is 1.62. The Balaban J connectivity index is 2.35. The monoisotopic (exact) mass is 382 g/mol. The number of halogens is 2. The summed E-state index contributed by atoms with van der Waals surface area (Å²) in [5.74, 6) is -2.29. The lowest BCUT2D eigenvalue weighted by Crippen LogP contribution is -2.42. The fourth-order valence-corrected chi connectivity index (χ4v) is 2.99. The molecule has 0 aromatic heterocycles. The van der Waals surface area contributed by atoms with Gasteiger partial charge in [-0.15, -0.1) is 0 Å². The molecule has 2 rings (SSSR count). The Morgan fingerprint density at radius 3 is 2.44 bits per heavy atom. The molecule has 0 bridgehead atoms. The summed E-state index contributed by atoms with van der Waals surface area (Å²) >= 11 is 0. The van der Waals surface area contributed by atoms with Crippen molar-refractivity contribution in [2.45, 2.75) is 65.5 Å². The van der Waals surface area contributed by atoms with Gasteiger partial charge in [0, 0.05) is 24.1 Å². The molecular weight excluding hydrogens is 354 g/mol. The molecule has 27 heavy (non-hydrogen) atoms. The first-order chi connectivity index (χ1) is 12.5. The number of likely N-dealkylation sites (tertiary alicyclic amines) is 1. The summed E-state index contributed by atoms with van der Waals surface area (Å²) < 4.78 is 34.1. The lowest BCUT2D eigenvalue weighted by atomic mass is 9.94. The maximum absolute atomic E-state index is 14.6. The van der Waals surface area contributed by atoms with E-state index >= 15 is 0 Å². The minimum absolute atomic E-state index is 0.0835. The van der Waals surface area contributed by atoms with Crippen LogP contribution >= 0.6 is 0 Å². The summed E-state index contributed by atoms with van der Waals surface area (Å²) in [6, 6.07) is 1.48. The van der Waals surface area contributed by atoms with Gasteiger partial charge in [-0.05, 0) is 46.1 Å². The number of rotatable bonds is 3. The molecule has 1 aliphatic rings. The lowest BCUT2D eigenvalue weighted by Gasteiger charge is -2.37. The van der Waals surface area contributed by atoms with Crippen LogP contribution in [0.4, 0.5) is 19.3 Å². The number of piperidine rings is 1. The van der Waals surface area contributed by atoms with Crippen molar-refractivity contribution in [3.8, 4) is 0 Å². The Kier molecular flexibility index (Phi) is 6.44. The Labute approximate surface area is 159 Å². The molecule has 1 heterocycles. The Hall–Kier alpha value is -2.18. The normalized spacial score (nSPS) is 17.8. The molecule has 0 radical (unpaired) electrons. The highest BCUT2D eigenvalue weighted by Gasteiger charge is 2.33. The largest absolute Gasteiger partial charge is 0.444 e. The molecule has 1 N–H and O–H groups in total. The molecule has 1 saturated heterocycles. The van der Waals surface area contributed by atoms with Crippen molar-refractivity contribution >= 4 is 17.7 Å². The molecule has 7 heteroatoms. The number of nitrogens with one attached hydrogen (secondary N) is 1. The van der Waals surface area contributed by atoms with Crippen molar-refractivity contribution in [2.75, 3.05) is 11.9 Å². The van der Waals surface area contributed by atoms with Crippen molar-refractivity contribution in [1.29, 1.82) is 0 Å². The van der Waals surface area contributed by atoms with Crippen molar-refractivity contribution < 1.29 is 23.1 Å². The third kappa shape index (κ3) is 5.40. The first-order valence-electron chi connectivity index (χ1n) is 9.29. The fraction of sp³-hybridized carbons (Fsp3) is 0.600. The fourth-order valence-electron chi connectivity index (χ4n) is 2.99. The minimum Gasteiger partial charge on any atom is -0.444 e. The van der Waals surface area contributed by atoms with E-state index in [0.717, 1.165) is 18.9 Å². The average molecular weight is 382 g/mol. The van der Waals surface area contributed by atoms with Crippen molar-refractivity contribution in [3.05, 3.63) is 29.3 Å². The van der Waals surface area contributed by atoms with E-state index in [1.807, 2.05) is 0 Å². The molecule has 1 aliphatic heterocycles. The molecule has 1 aromatic rings. The van der Waals surface area contributed by atoms with E-state index in [1.165, 1.54) is 11.0 Å². The predicted molar refractivity (Wildman–Crippen MR) is 99.4 cm³/mol. The summed E-state index contributed by atoms with van der Waals surface area (Å²) in [5.41, 5.74) is -0.572. The van der Waals surface area contributed by atoms with E-state index < -0.39 is 29.4 Å². The number of carbonyl (C=O) groups is 2. The van der Waals surface area contributed by atoms with Crippen LogP contribution in [0.3, 0.4) is 0 Å². The number of ether oxygens (including phenoxy) is 1. The second kappa shape index (κ2) is 8.23. The molecule has 2 amide bonds. The van der Waals surface area contributed by atoms with Gasteiger partial charge in [0.25, 0.3) is 0 Å². The van der Waals surface area contributed by atoms with Gasteiger partial charge in [0.05, 0.1) is 11.7 Å². The number of benzene rings is 1. The first-order valence-corrected chi connectivity index (χ1v) is 9.29. The van der Waals surface area contributed by atoms with E-state index in [1.54, 1.807) is 34.6 Å². The van der Waals surface area contributed by atoms with Crippen LogP contribution in [-0.4, -0.2) is 29.0 Å². The van der Waals surface area contributed by atoms with E-state index in [9.17, 15) is 18.4 Å². The number of amides is 2. The zero-order chi connectivity index (χ0) is 20.4. The number of nitrogens with zero attached hydrogens (tertiary/aromatic N) is 1. The smallest absolute Gasteiger partial charge is 0.410 e. The Morgan fingerprint density at radius 2 is 1.85 bits per heavy atom. The Morgan fingerprint density at radius 1 is 1.19 bits per heavy atom. The highest BCUT2D eigenvalue weighted by molar-refractivity contribution is 5.92. The van der Waals surface area contributed by atoms with Gasteiger partial charge in [0.1, 0.15) is 17.2 Å². The quantitative estimate of drug-likeness (QED) is 0.798. The summed E-state index contributed by atoms with van der Waals surface area (Å²) in [5, 5.41) is 2.48. The van der Waals surface area contributed by atoms with Gasteiger partial charge >= 0.3 is 6.09 Å². The number of anilines is 1. The van der Waals surface area contributed by atoms with Gasteiger partial charge < -0.3 is 15.0 Å². The Bertz CT molecular complexity index is 714. The molecule has 1 atom stereocenters. The SMILES string of the molecule is CC(C)C(=O)Nc1cc(C2CCCCN2C(=O)OC(C)(C)C)c(F)cc1F. The van der Waals surface area contributed by atoms with Gasteiger partial charge in [-0.2, -0.15) is 0 Å². The van der Waals surface area contributed by atoms with E-state index in [-0.39, 0.29) is 23.1 Å². The molecular formula is C20H28F2N2O3. The first kappa shape index (κ1) is 21.1. The van der Waals surface area contributed by atoms with Gasteiger partial charge in [-0.25, -0.2) is 13.6 Å². The van der Waals surface area contributed by atoms with Crippen molar-refractivity contribution in [3.63, 3.8) is 0 Å².